The molecule has 0 fully saturated rings. The highest BCUT2D eigenvalue weighted by molar-refractivity contribution is 7.91. The maximum Gasteiger partial charge on any atom is 0.210 e. The average Bonchev–Trinajstić information content (AvgIpc) is 2.65. The molecule has 3 aromatic carbocycles. The monoisotopic (exact) mass is 354 g/mol. The van der Waals surface area contributed by atoms with Gasteiger partial charge in [0.25, 0.3) is 0 Å². The number of hydrogen-bond acceptors (Lipinski definition) is 5. The van der Waals surface area contributed by atoms with E-state index >= 15 is 0 Å². The molecule has 0 saturated carbocycles. The molecule has 0 spiro atoms. The molecule has 3 rings (SSSR count). The number of sulfone groups is 1. The second-order valence-corrected chi connectivity index (χ2v) is 7.16. The number of hydrogen-bond donors (Lipinski definition) is 2. The van der Waals surface area contributed by atoms with Crippen molar-refractivity contribution in [3.8, 4) is 11.5 Å². The first kappa shape index (κ1) is 17.0. The lowest BCUT2D eigenvalue weighted by atomic mass is 10.3. The lowest BCUT2D eigenvalue weighted by molar-refractivity contribution is 0.469. The Labute approximate surface area is 147 Å². The van der Waals surface area contributed by atoms with Crippen molar-refractivity contribution in [1.29, 1.82) is 0 Å². The maximum atomic E-state index is 13.1. The lowest BCUT2D eigenvalue weighted by Gasteiger charge is -2.16. The van der Waals surface area contributed by atoms with Gasteiger partial charge in [-0.05, 0) is 36.4 Å². The van der Waals surface area contributed by atoms with Crippen molar-refractivity contribution in [2.45, 2.75) is 9.79 Å². The van der Waals surface area contributed by atoms with Crippen molar-refractivity contribution < 1.29 is 13.2 Å². The molecule has 0 atom stereocenters. The molecular weight excluding hydrogens is 336 g/mol. The normalized spacial score (nSPS) is 11.1. The van der Waals surface area contributed by atoms with Crippen molar-refractivity contribution in [3.63, 3.8) is 0 Å². The third kappa shape index (κ3) is 3.65. The Morgan fingerprint density at radius 2 is 1.44 bits per heavy atom. The molecule has 0 amide bonds. The van der Waals surface area contributed by atoms with E-state index in [9.17, 15) is 8.42 Å². The van der Waals surface area contributed by atoms with Crippen molar-refractivity contribution in [2.24, 2.45) is 0 Å². The Balaban J connectivity index is 2.15. The van der Waals surface area contributed by atoms with E-state index in [1.807, 2.05) is 18.2 Å². The summed E-state index contributed by atoms with van der Waals surface area (Å²) in [5.74, 6) is 0.796. The SMILES string of the molecule is CNNc1cccc(S(=O)(=O)c2ccccc2)c1Oc1ccccc1. The van der Waals surface area contributed by atoms with Crippen LogP contribution in [0.3, 0.4) is 0 Å². The number of anilines is 1. The molecule has 2 N–H and O–H groups in total. The fourth-order valence-corrected chi connectivity index (χ4v) is 3.82. The minimum atomic E-state index is -3.72. The van der Waals surface area contributed by atoms with E-state index in [0.717, 1.165) is 0 Å². The Bertz CT molecular complexity index is 943. The molecule has 128 valence electrons. The molecule has 0 unspecified atom stereocenters. The van der Waals surface area contributed by atoms with Crippen molar-refractivity contribution in [1.82, 2.24) is 5.43 Å². The van der Waals surface area contributed by atoms with Crippen LogP contribution in [0, 0.1) is 0 Å². The van der Waals surface area contributed by atoms with Crippen LogP contribution in [0.15, 0.2) is 88.7 Å². The van der Waals surface area contributed by atoms with E-state index in [1.54, 1.807) is 67.7 Å². The number of para-hydroxylation sites is 2. The number of benzene rings is 3. The van der Waals surface area contributed by atoms with Gasteiger partial charge in [-0.3, -0.25) is 0 Å². The van der Waals surface area contributed by atoms with E-state index in [2.05, 4.69) is 10.9 Å². The molecule has 0 radical (unpaired) electrons. The summed E-state index contributed by atoms with van der Waals surface area (Å²) in [5, 5.41) is 0. The third-order valence-electron chi connectivity index (χ3n) is 3.54. The smallest absolute Gasteiger partial charge is 0.210 e. The Morgan fingerprint density at radius 1 is 0.800 bits per heavy atom. The largest absolute Gasteiger partial charge is 0.454 e. The minimum absolute atomic E-state index is 0.0998. The van der Waals surface area contributed by atoms with E-state index in [4.69, 9.17) is 4.74 Å². The topological polar surface area (TPSA) is 67.4 Å². The van der Waals surface area contributed by atoms with Crippen LogP contribution < -0.4 is 15.6 Å². The van der Waals surface area contributed by atoms with Crippen LogP contribution in [0.4, 0.5) is 5.69 Å². The number of nitrogens with one attached hydrogen (secondary N) is 2. The van der Waals surface area contributed by atoms with Crippen molar-refractivity contribution in [2.75, 3.05) is 12.5 Å². The zero-order chi connectivity index (χ0) is 17.7. The molecule has 0 saturated heterocycles. The molecule has 0 bridgehead atoms. The molecule has 5 nitrogen and oxygen atoms in total. The van der Waals surface area contributed by atoms with Gasteiger partial charge in [-0.15, -0.1) is 0 Å². The summed E-state index contributed by atoms with van der Waals surface area (Å²) < 4.78 is 32.1. The van der Waals surface area contributed by atoms with Gasteiger partial charge < -0.3 is 10.2 Å². The Kier molecular flexibility index (Phi) is 5.02. The maximum absolute atomic E-state index is 13.1. The second kappa shape index (κ2) is 7.38. The van der Waals surface area contributed by atoms with E-state index < -0.39 is 9.84 Å². The Hall–Kier alpha value is -2.83. The van der Waals surface area contributed by atoms with Gasteiger partial charge in [0.1, 0.15) is 10.6 Å². The van der Waals surface area contributed by atoms with Gasteiger partial charge in [-0.2, -0.15) is 0 Å². The lowest BCUT2D eigenvalue weighted by Crippen LogP contribution is -2.16. The van der Waals surface area contributed by atoms with Gasteiger partial charge in [-0.1, -0.05) is 42.5 Å². The van der Waals surface area contributed by atoms with Crippen LogP contribution in [0.1, 0.15) is 0 Å². The van der Waals surface area contributed by atoms with E-state index in [1.165, 1.54) is 0 Å². The van der Waals surface area contributed by atoms with Crippen LogP contribution in [0.25, 0.3) is 0 Å². The highest BCUT2D eigenvalue weighted by Crippen LogP contribution is 2.38. The van der Waals surface area contributed by atoms with Crippen LogP contribution >= 0.6 is 0 Å². The molecule has 0 aliphatic heterocycles. The summed E-state index contributed by atoms with van der Waals surface area (Å²) in [5.41, 5.74) is 6.26. The molecule has 3 aromatic rings. The van der Waals surface area contributed by atoms with Gasteiger partial charge in [0, 0.05) is 7.05 Å². The molecule has 0 aliphatic rings. The summed E-state index contributed by atoms with van der Waals surface area (Å²) in [4.78, 5) is 0.317. The fraction of sp³-hybridized carbons (Fsp3) is 0.0526. The van der Waals surface area contributed by atoms with Gasteiger partial charge in [0.05, 0.1) is 10.6 Å². The summed E-state index contributed by atoms with van der Waals surface area (Å²) in [6.07, 6.45) is 0. The summed E-state index contributed by atoms with van der Waals surface area (Å²) in [7, 11) is -2.02. The van der Waals surface area contributed by atoms with Gasteiger partial charge in [-0.25, -0.2) is 13.8 Å². The fourth-order valence-electron chi connectivity index (χ4n) is 2.40. The second-order valence-electron chi connectivity index (χ2n) is 5.24. The Morgan fingerprint density at radius 3 is 2.08 bits per heavy atom. The quantitative estimate of drug-likeness (QED) is 0.658. The number of hydrazine groups is 1. The first-order valence-corrected chi connectivity index (χ1v) is 9.20. The highest BCUT2D eigenvalue weighted by Gasteiger charge is 2.24. The van der Waals surface area contributed by atoms with Gasteiger partial charge in [0.2, 0.25) is 9.84 Å². The molecular formula is C19H18N2O3S. The van der Waals surface area contributed by atoms with Gasteiger partial charge in [0.15, 0.2) is 5.75 Å². The first-order chi connectivity index (χ1) is 12.1. The predicted molar refractivity (Wildman–Crippen MR) is 97.5 cm³/mol. The minimum Gasteiger partial charge on any atom is -0.454 e. The predicted octanol–water partition coefficient (Wildman–Crippen LogP) is 3.86. The third-order valence-corrected chi connectivity index (χ3v) is 5.34. The van der Waals surface area contributed by atoms with Crippen molar-refractivity contribution in [3.05, 3.63) is 78.9 Å². The van der Waals surface area contributed by atoms with E-state index in [0.29, 0.717) is 11.4 Å². The molecule has 6 heteroatoms. The molecule has 0 aromatic heterocycles. The van der Waals surface area contributed by atoms with Crippen LogP contribution in [-0.4, -0.2) is 15.5 Å². The van der Waals surface area contributed by atoms with Gasteiger partial charge >= 0.3 is 0 Å². The first-order valence-electron chi connectivity index (χ1n) is 7.72. The van der Waals surface area contributed by atoms with E-state index in [-0.39, 0.29) is 15.5 Å². The standard InChI is InChI=1S/C19H18N2O3S/c1-20-21-17-13-8-14-18(19(17)24-15-9-4-2-5-10-15)25(22,23)16-11-6-3-7-12-16/h2-14,20-21H,1H3. The number of rotatable bonds is 6. The zero-order valence-electron chi connectivity index (χ0n) is 13.6. The van der Waals surface area contributed by atoms with Crippen LogP contribution in [0.2, 0.25) is 0 Å². The summed E-state index contributed by atoms with van der Waals surface area (Å²) >= 11 is 0. The van der Waals surface area contributed by atoms with Crippen molar-refractivity contribution >= 4 is 15.5 Å². The average molecular weight is 354 g/mol. The zero-order valence-corrected chi connectivity index (χ0v) is 14.5. The summed E-state index contributed by atoms with van der Waals surface area (Å²) in [6, 6.07) is 22.3. The molecule has 0 heterocycles. The summed E-state index contributed by atoms with van der Waals surface area (Å²) in [6.45, 7) is 0. The van der Waals surface area contributed by atoms with Crippen LogP contribution in [0.5, 0.6) is 11.5 Å². The van der Waals surface area contributed by atoms with Crippen LogP contribution in [-0.2, 0) is 9.84 Å². The number of ether oxygens (including phenoxy) is 1. The molecule has 25 heavy (non-hydrogen) atoms. The molecule has 0 aliphatic carbocycles. The highest BCUT2D eigenvalue weighted by atomic mass is 32.2.